The minimum Gasteiger partial charge on any atom is -0.339 e. The molecule has 2 N–H and O–H groups in total. The smallest absolute Gasteiger partial charge is 0.231 e. The second kappa shape index (κ2) is 8.45. The summed E-state index contributed by atoms with van der Waals surface area (Å²) < 4.78 is 5.40. The van der Waals surface area contributed by atoms with Gasteiger partial charge in [-0.3, -0.25) is 4.90 Å². The van der Waals surface area contributed by atoms with E-state index in [1.807, 2.05) is 24.3 Å². The largest absolute Gasteiger partial charge is 0.339 e. The molecule has 5 nitrogen and oxygen atoms in total. The number of hydrogen-bond acceptors (Lipinski definition) is 5. The summed E-state index contributed by atoms with van der Waals surface area (Å²) in [5, 5.41) is 4.13. The molecule has 2 heterocycles. The van der Waals surface area contributed by atoms with Crippen molar-refractivity contribution in [2.45, 2.75) is 24.9 Å². The van der Waals surface area contributed by atoms with Crippen LogP contribution in [0.5, 0.6) is 0 Å². The highest BCUT2D eigenvalue weighted by Crippen LogP contribution is 2.27. The zero-order chi connectivity index (χ0) is 17.1. The van der Waals surface area contributed by atoms with Gasteiger partial charge in [0.05, 0.1) is 13.0 Å². The minimum atomic E-state index is 0. The summed E-state index contributed by atoms with van der Waals surface area (Å²) in [6, 6.07) is 20.8. The molecule has 1 fully saturated rings. The number of rotatable bonds is 5. The monoisotopic (exact) mass is 370 g/mol. The highest BCUT2D eigenvalue weighted by Gasteiger charge is 2.31. The number of nitrogens with two attached hydrogens (primary N) is 1. The van der Waals surface area contributed by atoms with Crippen molar-refractivity contribution in [3.8, 4) is 0 Å². The van der Waals surface area contributed by atoms with Crippen LogP contribution < -0.4 is 5.73 Å². The van der Waals surface area contributed by atoms with Crippen LogP contribution in [-0.2, 0) is 13.0 Å². The maximum Gasteiger partial charge on any atom is 0.231 e. The standard InChI is InChI=1S/C20H22N4O.ClH/c21-18-13-24(12-17(18)16-9-5-2-6-10-16)14-19-22-20(25-23-19)11-15-7-3-1-4-8-15;/h1-10,17-18H,11-14,21H2;1H/t17-,18+;/m0./s1. The summed E-state index contributed by atoms with van der Waals surface area (Å²) in [5.41, 5.74) is 8.83. The van der Waals surface area contributed by atoms with E-state index in [9.17, 15) is 0 Å². The minimum absolute atomic E-state index is 0. The molecule has 1 aromatic heterocycles. The number of likely N-dealkylation sites (tertiary alicyclic amines) is 1. The van der Waals surface area contributed by atoms with Crippen molar-refractivity contribution in [3.05, 3.63) is 83.5 Å². The third-order valence-electron chi connectivity index (χ3n) is 4.74. The van der Waals surface area contributed by atoms with E-state index in [0.717, 1.165) is 18.9 Å². The van der Waals surface area contributed by atoms with Crippen LogP contribution in [0.4, 0.5) is 0 Å². The zero-order valence-electron chi connectivity index (χ0n) is 14.5. The topological polar surface area (TPSA) is 68.2 Å². The molecule has 2 aromatic carbocycles. The Morgan fingerprint density at radius 1 is 1.00 bits per heavy atom. The summed E-state index contributed by atoms with van der Waals surface area (Å²) in [6.07, 6.45) is 0.667. The Labute approximate surface area is 159 Å². The van der Waals surface area contributed by atoms with Gasteiger partial charge in [0.2, 0.25) is 5.89 Å². The van der Waals surface area contributed by atoms with Crippen LogP contribution in [0.1, 0.15) is 28.8 Å². The Hall–Kier alpha value is -2.21. The lowest BCUT2D eigenvalue weighted by Gasteiger charge is -2.14. The van der Waals surface area contributed by atoms with Gasteiger partial charge in [-0.15, -0.1) is 12.4 Å². The van der Waals surface area contributed by atoms with E-state index in [-0.39, 0.29) is 18.4 Å². The van der Waals surface area contributed by atoms with E-state index in [4.69, 9.17) is 10.3 Å². The fourth-order valence-corrected chi connectivity index (χ4v) is 3.49. The molecule has 0 radical (unpaired) electrons. The molecule has 136 valence electrons. The maximum absolute atomic E-state index is 6.36. The first-order chi connectivity index (χ1) is 12.3. The molecule has 26 heavy (non-hydrogen) atoms. The second-order valence-electron chi connectivity index (χ2n) is 6.64. The fraction of sp³-hybridized carbons (Fsp3) is 0.300. The first-order valence-corrected chi connectivity index (χ1v) is 8.66. The molecule has 6 heteroatoms. The molecule has 0 saturated carbocycles. The molecule has 1 saturated heterocycles. The van der Waals surface area contributed by atoms with Crippen molar-refractivity contribution in [3.63, 3.8) is 0 Å². The average molecular weight is 371 g/mol. The van der Waals surface area contributed by atoms with E-state index in [2.05, 4.69) is 51.4 Å². The lowest BCUT2D eigenvalue weighted by Crippen LogP contribution is -2.28. The molecule has 1 aliphatic heterocycles. The lowest BCUT2D eigenvalue weighted by atomic mass is 9.95. The number of aromatic nitrogens is 2. The van der Waals surface area contributed by atoms with Crippen molar-refractivity contribution in [2.75, 3.05) is 13.1 Å². The summed E-state index contributed by atoms with van der Waals surface area (Å²) in [5.74, 6) is 1.74. The quantitative estimate of drug-likeness (QED) is 0.747. The molecule has 0 unspecified atom stereocenters. The molecule has 4 rings (SSSR count). The van der Waals surface area contributed by atoms with Crippen LogP contribution in [0.2, 0.25) is 0 Å². The Bertz CT molecular complexity index is 809. The first-order valence-electron chi connectivity index (χ1n) is 8.66. The van der Waals surface area contributed by atoms with Gasteiger partial charge in [0.15, 0.2) is 5.82 Å². The third-order valence-corrected chi connectivity index (χ3v) is 4.74. The van der Waals surface area contributed by atoms with Crippen molar-refractivity contribution < 1.29 is 4.52 Å². The van der Waals surface area contributed by atoms with Gasteiger partial charge in [-0.1, -0.05) is 65.8 Å². The summed E-state index contributed by atoms with van der Waals surface area (Å²) in [7, 11) is 0. The maximum atomic E-state index is 6.36. The zero-order valence-corrected chi connectivity index (χ0v) is 15.3. The predicted octanol–water partition coefficient (Wildman–Crippen LogP) is 3.01. The van der Waals surface area contributed by atoms with Gasteiger partial charge in [0.1, 0.15) is 0 Å². The van der Waals surface area contributed by atoms with E-state index in [0.29, 0.717) is 24.8 Å². The van der Waals surface area contributed by atoms with Crippen LogP contribution in [0.25, 0.3) is 0 Å². The Morgan fingerprint density at radius 3 is 2.42 bits per heavy atom. The fourth-order valence-electron chi connectivity index (χ4n) is 3.49. The molecule has 0 aliphatic carbocycles. The van der Waals surface area contributed by atoms with Crippen molar-refractivity contribution in [2.24, 2.45) is 5.73 Å². The lowest BCUT2D eigenvalue weighted by molar-refractivity contribution is 0.304. The van der Waals surface area contributed by atoms with E-state index in [1.165, 1.54) is 11.1 Å². The first kappa shape index (κ1) is 18.6. The van der Waals surface area contributed by atoms with Crippen LogP contribution in [0, 0.1) is 0 Å². The van der Waals surface area contributed by atoms with E-state index < -0.39 is 0 Å². The van der Waals surface area contributed by atoms with Gasteiger partial charge in [-0.05, 0) is 11.1 Å². The predicted molar refractivity (Wildman–Crippen MR) is 103 cm³/mol. The number of nitrogens with zero attached hydrogens (tertiary/aromatic N) is 3. The van der Waals surface area contributed by atoms with Gasteiger partial charge < -0.3 is 10.3 Å². The number of halogens is 1. The average Bonchev–Trinajstić information content (AvgIpc) is 3.23. The van der Waals surface area contributed by atoms with Crippen molar-refractivity contribution in [1.82, 2.24) is 15.0 Å². The van der Waals surface area contributed by atoms with Crippen molar-refractivity contribution in [1.29, 1.82) is 0 Å². The van der Waals surface area contributed by atoms with Crippen LogP contribution in [0.15, 0.2) is 65.2 Å². The summed E-state index contributed by atoms with van der Waals surface area (Å²) in [4.78, 5) is 6.84. The Balaban J connectivity index is 0.00000196. The van der Waals surface area contributed by atoms with Crippen LogP contribution in [-0.4, -0.2) is 34.2 Å². The number of benzene rings is 2. The SMILES string of the molecule is Cl.N[C@@H]1CN(Cc2noc(Cc3ccccc3)n2)C[C@H]1c1ccccc1. The second-order valence-corrected chi connectivity index (χ2v) is 6.64. The molecule has 1 aliphatic rings. The third kappa shape index (κ3) is 4.30. The highest BCUT2D eigenvalue weighted by molar-refractivity contribution is 5.85. The molecule has 0 amide bonds. The normalized spacial score (nSPS) is 20.0. The molecule has 3 aromatic rings. The van der Waals surface area contributed by atoms with Gasteiger partial charge in [-0.25, -0.2) is 0 Å². The molecule has 2 atom stereocenters. The van der Waals surface area contributed by atoms with E-state index >= 15 is 0 Å². The van der Waals surface area contributed by atoms with Crippen LogP contribution >= 0.6 is 12.4 Å². The van der Waals surface area contributed by atoms with Crippen LogP contribution in [0.3, 0.4) is 0 Å². The van der Waals surface area contributed by atoms with E-state index in [1.54, 1.807) is 0 Å². The Kier molecular flexibility index (Phi) is 6.04. The van der Waals surface area contributed by atoms with Gasteiger partial charge in [-0.2, -0.15) is 4.98 Å². The van der Waals surface area contributed by atoms with Gasteiger partial charge in [0.25, 0.3) is 0 Å². The molecule has 0 bridgehead atoms. The van der Waals surface area contributed by atoms with Gasteiger partial charge >= 0.3 is 0 Å². The summed E-state index contributed by atoms with van der Waals surface area (Å²) in [6.45, 7) is 2.45. The molecule has 0 spiro atoms. The number of hydrogen-bond donors (Lipinski definition) is 1. The Morgan fingerprint density at radius 2 is 1.69 bits per heavy atom. The van der Waals surface area contributed by atoms with Gasteiger partial charge in [0, 0.05) is 25.0 Å². The molecular weight excluding hydrogens is 348 g/mol. The highest BCUT2D eigenvalue weighted by atomic mass is 35.5. The van der Waals surface area contributed by atoms with Crippen molar-refractivity contribution >= 4 is 12.4 Å². The summed E-state index contributed by atoms with van der Waals surface area (Å²) >= 11 is 0. The molecular formula is C20H23ClN4O.